The van der Waals surface area contributed by atoms with E-state index in [1.54, 1.807) is 30.3 Å². The minimum absolute atomic E-state index is 0.206. The molecule has 4 rings (SSSR count). The molecule has 1 amide bonds. The summed E-state index contributed by atoms with van der Waals surface area (Å²) in [6.07, 6.45) is 0. The number of anilines is 1. The summed E-state index contributed by atoms with van der Waals surface area (Å²) in [5, 5.41) is 2.83. The number of carbonyl (C=O) groups is 1. The molecule has 1 aliphatic rings. The quantitative estimate of drug-likeness (QED) is 0.639. The summed E-state index contributed by atoms with van der Waals surface area (Å²) in [6, 6.07) is 21.4. The van der Waals surface area contributed by atoms with Crippen LogP contribution < -0.4 is 14.4 Å². The fourth-order valence-corrected chi connectivity index (χ4v) is 5.25. The summed E-state index contributed by atoms with van der Waals surface area (Å²) in [7, 11) is -3.85. The van der Waals surface area contributed by atoms with E-state index in [0.29, 0.717) is 11.3 Å². The van der Waals surface area contributed by atoms with E-state index in [0.717, 1.165) is 16.9 Å². The molecule has 0 radical (unpaired) electrons. The van der Waals surface area contributed by atoms with E-state index in [4.69, 9.17) is 4.74 Å². The Balaban J connectivity index is 1.48. The molecule has 160 valence electrons. The second-order valence-electron chi connectivity index (χ2n) is 7.62. The summed E-state index contributed by atoms with van der Waals surface area (Å²) in [5.41, 5.74) is 3.07. The van der Waals surface area contributed by atoms with Crippen LogP contribution in [-0.4, -0.2) is 33.5 Å². The predicted octanol–water partition coefficient (Wildman–Crippen LogP) is 3.75. The van der Waals surface area contributed by atoms with Crippen molar-refractivity contribution in [2.45, 2.75) is 24.8 Å². The Kier molecular flexibility index (Phi) is 5.69. The van der Waals surface area contributed by atoms with Gasteiger partial charge in [0.25, 0.3) is 10.0 Å². The highest BCUT2D eigenvalue weighted by Crippen LogP contribution is 2.42. The Morgan fingerprint density at radius 3 is 2.35 bits per heavy atom. The largest absolute Gasteiger partial charge is 0.491 e. The van der Waals surface area contributed by atoms with Crippen LogP contribution in [0.15, 0.2) is 77.7 Å². The van der Waals surface area contributed by atoms with Crippen LogP contribution in [0, 0.1) is 6.92 Å². The van der Waals surface area contributed by atoms with Gasteiger partial charge in [-0.2, -0.15) is 0 Å². The zero-order chi connectivity index (χ0) is 22.0. The monoisotopic (exact) mass is 436 g/mol. The molecule has 31 heavy (non-hydrogen) atoms. The predicted molar refractivity (Wildman–Crippen MR) is 121 cm³/mol. The second kappa shape index (κ2) is 8.43. The molecular formula is C24H24N2O4S. The molecule has 1 heterocycles. The van der Waals surface area contributed by atoms with Crippen molar-refractivity contribution in [3.63, 3.8) is 0 Å². The number of nitrogens with zero attached hydrogens (tertiary/aromatic N) is 1. The van der Waals surface area contributed by atoms with E-state index in [1.165, 1.54) is 4.31 Å². The number of sulfonamides is 1. The van der Waals surface area contributed by atoms with Crippen molar-refractivity contribution in [3.05, 3.63) is 78.4 Å². The van der Waals surface area contributed by atoms with E-state index < -0.39 is 15.9 Å². The van der Waals surface area contributed by atoms with E-state index in [9.17, 15) is 13.2 Å². The van der Waals surface area contributed by atoms with Crippen LogP contribution >= 0.6 is 0 Å². The third-order valence-electron chi connectivity index (χ3n) is 5.13. The number of aryl methyl sites for hydroxylation is 1. The van der Waals surface area contributed by atoms with Crippen molar-refractivity contribution in [1.82, 2.24) is 5.32 Å². The van der Waals surface area contributed by atoms with Crippen LogP contribution in [0.4, 0.5) is 5.69 Å². The van der Waals surface area contributed by atoms with Gasteiger partial charge in [-0.25, -0.2) is 8.42 Å². The molecule has 3 aromatic carbocycles. The van der Waals surface area contributed by atoms with Crippen LogP contribution in [0.3, 0.4) is 0 Å². The first-order valence-electron chi connectivity index (χ1n) is 10.1. The van der Waals surface area contributed by atoms with E-state index >= 15 is 0 Å². The van der Waals surface area contributed by atoms with Crippen molar-refractivity contribution in [3.8, 4) is 16.9 Å². The molecule has 0 bridgehead atoms. The van der Waals surface area contributed by atoms with E-state index in [2.05, 4.69) is 5.32 Å². The fourth-order valence-electron chi connectivity index (χ4n) is 3.60. The van der Waals surface area contributed by atoms with Crippen molar-refractivity contribution < 1.29 is 17.9 Å². The topological polar surface area (TPSA) is 75.7 Å². The molecule has 6 nitrogen and oxygen atoms in total. The third kappa shape index (κ3) is 4.27. The Morgan fingerprint density at radius 1 is 0.968 bits per heavy atom. The number of fused-ring (bicyclic) bond motifs is 3. The molecule has 0 unspecified atom stereocenters. The zero-order valence-electron chi connectivity index (χ0n) is 17.4. The van der Waals surface area contributed by atoms with Crippen molar-refractivity contribution in [2.24, 2.45) is 0 Å². The first kappa shape index (κ1) is 20.9. The molecule has 1 atom stereocenters. The summed E-state index contributed by atoms with van der Waals surface area (Å²) < 4.78 is 33.4. The van der Waals surface area contributed by atoms with E-state index in [-0.39, 0.29) is 24.1 Å². The summed E-state index contributed by atoms with van der Waals surface area (Å²) in [4.78, 5) is 12.9. The number of amides is 1. The lowest BCUT2D eigenvalue weighted by Crippen LogP contribution is -2.46. The van der Waals surface area contributed by atoms with Gasteiger partial charge in [-0.1, -0.05) is 54.1 Å². The van der Waals surface area contributed by atoms with Crippen LogP contribution in [0.1, 0.15) is 12.5 Å². The van der Waals surface area contributed by atoms with Gasteiger partial charge < -0.3 is 10.1 Å². The maximum absolute atomic E-state index is 13.2. The second-order valence-corrected chi connectivity index (χ2v) is 9.45. The van der Waals surface area contributed by atoms with Crippen LogP contribution in [0.25, 0.3) is 11.1 Å². The molecule has 0 saturated heterocycles. The molecule has 1 aliphatic heterocycles. The number of carbonyl (C=O) groups excluding carboxylic acids is 1. The summed E-state index contributed by atoms with van der Waals surface area (Å²) in [6.45, 7) is 3.79. The zero-order valence-corrected chi connectivity index (χ0v) is 18.2. The normalized spacial score (nSPS) is 14.8. The van der Waals surface area contributed by atoms with Gasteiger partial charge in [-0.3, -0.25) is 9.10 Å². The average Bonchev–Trinajstić information content (AvgIpc) is 2.76. The highest BCUT2D eigenvalue weighted by molar-refractivity contribution is 7.93. The highest BCUT2D eigenvalue weighted by Gasteiger charge is 2.35. The lowest BCUT2D eigenvalue weighted by Gasteiger charge is -2.31. The van der Waals surface area contributed by atoms with Crippen LogP contribution in [0.5, 0.6) is 5.75 Å². The minimum Gasteiger partial charge on any atom is -0.491 e. The van der Waals surface area contributed by atoms with Gasteiger partial charge in [0.2, 0.25) is 5.91 Å². The lowest BCUT2D eigenvalue weighted by atomic mass is 10.0. The summed E-state index contributed by atoms with van der Waals surface area (Å²) in [5.74, 6) is 0.327. The van der Waals surface area contributed by atoms with Crippen LogP contribution in [0.2, 0.25) is 0 Å². The van der Waals surface area contributed by atoms with Gasteiger partial charge in [0.15, 0.2) is 0 Å². The number of nitrogens with one attached hydrogen (secondary N) is 1. The van der Waals surface area contributed by atoms with Gasteiger partial charge in [-0.15, -0.1) is 0 Å². The number of rotatable bonds is 6. The van der Waals surface area contributed by atoms with Crippen LogP contribution in [-0.2, 0) is 14.8 Å². The molecule has 0 spiro atoms. The van der Waals surface area contributed by atoms with Crippen molar-refractivity contribution >= 4 is 21.6 Å². The standard InChI is InChI=1S/C24H24N2O4S/c1-17-11-13-19(14-12-17)30-16-18(2)25-24(27)15-26-22-9-5-3-7-20(22)21-8-4-6-10-23(21)31(26,28)29/h3-14,18H,15-16H2,1-2H3,(H,25,27)/t18-/m1/s1. The van der Waals surface area contributed by atoms with Gasteiger partial charge in [-0.05, 0) is 38.1 Å². The number of ether oxygens (including phenoxy) is 1. The fraction of sp³-hybridized carbons (Fsp3) is 0.208. The molecule has 7 heteroatoms. The summed E-state index contributed by atoms with van der Waals surface area (Å²) >= 11 is 0. The average molecular weight is 437 g/mol. The number of para-hydroxylation sites is 1. The first-order valence-corrected chi connectivity index (χ1v) is 11.5. The third-order valence-corrected chi connectivity index (χ3v) is 6.95. The number of hydrogen-bond donors (Lipinski definition) is 1. The van der Waals surface area contributed by atoms with Gasteiger partial charge in [0, 0.05) is 11.1 Å². The highest BCUT2D eigenvalue weighted by atomic mass is 32.2. The molecule has 0 aromatic heterocycles. The lowest BCUT2D eigenvalue weighted by molar-refractivity contribution is -0.120. The van der Waals surface area contributed by atoms with Gasteiger partial charge in [0.05, 0.1) is 16.6 Å². The molecule has 1 N–H and O–H groups in total. The SMILES string of the molecule is Cc1ccc(OC[C@@H](C)NC(=O)CN2c3ccccc3-c3ccccc3S2(=O)=O)cc1. The van der Waals surface area contributed by atoms with Gasteiger partial charge in [0.1, 0.15) is 18.9 Å². The molecule has 0 saturated carbocycles. The number of benzene rings is 3. The molecular weight excluding hydrogens is 412 g/mol. The minimum atomic E-state index is -3.85. The Labute approximate surface area is 182 Å². The molecule has 0 aliphatic carbocycles. The smallest absolute Gasteiger partial charge is 0.265 e. The Hall–Kier alpha value is -3.32. The van der Waals surface area contributed by atoms with Crippen molar-refractivity contribution in [1.29, 1.82) is 0 Å². The van der Waals surface area contributed by atoms with Crippen molar-refractivity contribution in [2.75, 3.05) is 17.5 Å². The number of hydrogen-bond acceptors (Lipinski definition) is 4. The molecule has 3 aromatic rings. The van der Waals surface area contributed by atoms with Gasteiger partial charge >= 0.3 is 0 Å². The maximum atomic E-state index is 13.2. The molecule has 0 fully saturated rings. The first-order chi connectivity index (χ1) is 14.9. The maximum Gasteiger partial charge on any atom is 0.265 e. The Morgan fingerprint density at radius 2 is 1.61 bits per heavy atom. The van der Waals surface area contributed by atoms with E-state index in [1.807, 2.05) is 56.3 Å². The Bertz CT molecular complexity index is 1210.